The van der Waals surface area contributed by atoms with E-state index in [1.807, 2.05) is 13.8 Å². The summed E-state index contributed by atoms with van der Waals surface area (Å²) in [5.41, 5.74) is 0. The van der Waals surface area contributed by atoms with Crippen LogP contribution in [0.1, 0.15) is 33.6 Å². The smallest absolute Gasteiger partial charge is 0.225 e. The maximum absolute atomic E-state index is 12.3. The van der Waals surface area contributed by atoms with Gasteiger partial charge in [0.05, 0.1) is 9.79 Å². The topological polar surface area (TPSA) is 106 Å². The molecule has 0 aliphatic rings. The third-order valence-corrected chi connectivity index (χ3v) is 6.01. The number of primary sulfonamides is 1. The highest BCUT2D eigenvalue weighted by Gasteiger charge is 2.23. The lowest BCUT2D eigenvalue weighted by Gasteiger charge is -2.22. The van der Waals surface area contributed by atoms with E-state index in [1.54, 1.807) is 6.92 Å². The van der Waals surface area contributed by atoms with Crippen LogP contribution in [-0.4, -0.2) is 22.9 Å². The lowest BCUT2D eigenvalue weighted by molar-refractivity contribution is 0.390. The number of nitrogens with two attached hydrogens (primary N) is 1. The molecule has 6 nitrogen and oxygen atoms in total. The van der Waals surface area contributed by atoms with Crippen LogP contribution in [0, 0.1) is 5.92 Å². The van der Waals surface area contributed by atoms with Crippen LogP contribution >= 0.6 is 0 Å². The van der Waals surface area contributed by atoms with Crippen LogP contribution in [0.3, 0.4) is 0 Å². The summed E-state index contributed by atoms with van der Waals surface area (Å²) in [6.07, 6.45) is 1.72. The van der Waals surface area contributed by atoms with E-state index >= 15 is 0 Å². The Morgan fingerprint density at radius 1 is 1.10 bits per heavy atom. The average Bonchev–Trinajstić information content (AvgIpc) is 2.38. The van der Waals surface area contributed by atoms with Crippen LogP contribution in [0.15, 0.2) is 34.1 Å². The third-order valence-electron chi connectivity index (χ3n) is 3.54. The van der Waals surface area contributed by atoms with E-state index in [-0.39, 0.29) is 21.8 Å². The molecule has 0 spiro atoms. The fourth-order valence-electron chi connectivity index (χ4n) is 2.22. The van der Waals surface area contributed by atoms with Gasteiger partial charge < -0.3 is 0 Å². The van der Waals surface area contributed by atoms with Crippen molar-refractivity contribution in [3.63, 3.8) is 0 Å². The van der Waals surface area contributed by atoms with Crippen molar-refractivity contribution < 1.29 is 16.8 Å². The summed E-state index contributed by atoms with van der Waals surface area (Å²) in [6, 6.07) is 4.80. The zero-order valence-corrected chi connectivity index (χ0v) is 14.0. The summed E-state index contributed by atoms with van der Waals surface area (Å²) in [7, 11) is -7.71. The number of hydrogen-bond acceptors (Lipinski definition) is 4. The average molecular weight is 334 g/mol. The summed E-state index contributed by atoms with van der Waals surface area (Å²) >= 11 is 0. The van der Waals surface area contributed by atoms with Gasteiger partial charge in [0.15, 0.2) is 0 Å². The van der Waals surface area contributed by atoms with Gasteiger partial charge in [0.2, 0.25) is 20.0 Å². The van der Waals surface area contributed by atoms with Gasteiger partial charge in [-0.1, -0.05) is 32.8 Å². The Morgan fingerprint density at radius 3 is 2.10 bits per heavy atom. The molecule has 1 aromatic carbocycles. The molecule has 0 radical (unpaired) electrons. The lowest BCUT2D eigenvalue weighted by atomic mass is 9.96. The zero-order valence-electron chi connectivity index (χ0n) is 12.4. The maximum Gasteiger partial charge on any atom is 0.240 e. The van der Waals surface area contributed by atoms with Crippen LogP contribution in [-0.2, 0) is 20.0 Å². The first-order chi connectivity index (χ1) is 9.61. The van der Waals surface area contributed by atoms with E-state index in [4.69, 9.17) is 5.14 Å². The van der Waals surface area contributed by atoms with E-state index < -0.39 is 20.0 Å². The Bertz CT molecular complexity index is 680. The normalized spacial score (nSPS) is 14.3. The molecule has 0 saturated heterocycles. The van der Waals surface area contributed by atoms with Crippen molar-refractivity contribution in [1.82, 2.24) is 4.72 Å². The first-order valence-electron chi connectivity index (χ1n) is 6.77. The Hall–Kier alpha value is -0.960. The second-order valence-electron chi connectivity index (χ2n) is 5.01. The maximum atomic E-state index is 12.3. The molecule has 0 fully saturated rings. The fraction of sp³-hybridized carbons (Fsp3) is 0.538. The number of hydrogen-bond donors (Lipinski definition) is 2. The van der Waals surface area contributed by atoms with Gasteiger partial charge in [-0.3, -0.25) is 0 Å². The minimum absolute atomic E-state index is 0.105. The van der Waals surface area contributed by atoms with Crippen LogP contribution in [0.5, 0.6) is 0 Å². The Labute approximate surface area is 126 Å². The SMILES string of the molecule is CCC(CC)C(C)NS(=O)(=O)c1cccc(S(N)(=O)=O)c1. The second-order valence-corrected chi connectivity index (χ2v) is 8.28. The summed E-state index contributed by atoms with van der Waals surface area (Å²) in [6.45, 7) is 5.81. The van der Waals surface area contributed by atoms with E-state index in [1.165, 1.54) is 18.2 Å². The molecule has 0 heterocycles. The molecule has 3 N–H and O–H groups in total. The second kappa shape index (κ2) is 6.87. The van der Waals surface area contributed by atoms with E-state index in [0.717, 1.165) is 18.9 Å². The number of benzene rings is 1. The molecule has 0 bridgehead atoms. The van der Waals surface area contributed by atoms with Gasteiger partial charge in [-0.15, -0.1) is 0 Å². The minimum Gasteiger partial charge on any atom is -0.225 e. The molecule has 0 amide bonds. The van der Waals surface area contributed by atoms with Crippen molar-refractivity contribution in [1.29, 1.82) is 0 Å². The summed E-state index contributed by atoms with van der Waals surface area (Å²) in [5, 5.41) is 5.02. The predicted octanol–water partition coefficient (Wildman–Crippen LogP) is 1.44. The molecule has 0 aromatic heterocycles. The molecule has 1 unspecified atom stereocenters. The zero-order chi connectivity index (χ0) is 16.3. The molecule has 0 saturated carbocycles. The number of rotatable bonds is 7. The van der Waals surface area contributed by atoms with Gasteiger partial charge in [0.25, 0.3) is 0 Å². The van der Waals surface area contributed by atoms with Gasteiger partial charge in [-0.2, -0.15) is 0 Å². The Morgan fingerprint density at radius 2 is 1.62 bits per heavy atom. The van der Waals surface area contributed by atoms with Crippen LogP contribution in [0.2, 0.25) is 0 Å². The van der Waals surface area contributed by atoms with E-state index in [9.17, 15) is 16.8 Å². The molecule has 1 aromatic rings. The van der Waals surface area contributed by atoms with Gasteiger partial charge in [-0.25, -0.2) is 26.7 Å². The summed E-state index contributed by atoms with van der Waals surface area (Å²) in [4.78, 5) is -0.326. The quantitative estimate of drug-likeness (QED) is 0.786. The van der Waals surface area contributed by atoms with Crippen LogP contribution in [0.25, 0.3) is 0 Å². The van der Waals surface area contributed by atoms with E-state index in [0.29, 0.717) is 0 Å². The molecular formula is C13H22N2O4S2. The van der Waals surface area contributed by atoms with Gasteiger partial charge in [0, 0.05) is 6.04 Å². The molecule has 21 heavy (non-hydrogen) atoms. The lowest BCUT2D eigenvalue weighted by Crippen LogP contribution is -2.37. The molecule has 1 rings (SSSR count). The molecule has 8 heteroatoms. The first-order valence-corrected chi connectivity index (χ1v) is 9.80. The van der Waals surface area contributed by atoms with Crippen molar-refractivity contribution in [3.05, 3.63) is 24.3 Å². The highest BCUT2D eigenvalue weighted by Crippen LogP contribution is 2.18. The fourth-order valence-corrected chi connectivity index (χ4v) is 4.22. The summed E-state index contributed by atoms with van der Waals surface area (Å²) < 4.78 is 49.8. The molecule has 0 aliphatic carbocycles. The van der Waals surface area contributed by atoms with Crippen molar-refractivity contribution in [3.8, 4) is 0 Å². The Balaban J connectivity index is 3.09. The van der Waals surface area contributed by atoms with Gasteiger partial charge in [-0.05, 0) is 31.0 Å². The van der Waals surface area contributed by atoms with Crippen molar-refractivity contribution in [2.75, 3.05) is 0 Å². The minimum atomic E-state index is -3.93. The highest BCUT2D eigenvalue weighted by molar-refractivity contribution is 7.90. The van der Waals surface area contributed by atoms with Crippen molar-refractivity contribution in [2.24, 2.45) is 11.1 Å². The molecule has 1 atom stereocenters. The molecule has 120 valence electrons. The third kappa shape index (κ3) is 4.77. The van der Waals surface area contributed by atoms with Gasteiger partial charge in [0.1, 0.15) is 0 Å². The van der Waals surface area contributed by atoms with Crippen molar-refractivity contribution >= 4 is 20.0 Å². The van der Waals surface area contributed by atoms with Gasteiger partial charge >= 0.3 is 0 Å². The standard InChI is InChI=1S/C13H22N2O4S2/c1-4-11(5-2)10(3)15-21(18,19)13-8-6-7-12(9-13)20(14,16)17/h6-11,15H,4-5H2,1-3H3,(H2,14,16,17). The van der Waals surface area contributed by atoms with Crippen LogP contribution < -0.4 is 9.86 Å². The summed E-state index contributed by atoms with van der Waals surface area (Å²) in [5.74, 6) is 0.223. The molecule has 0 aliphatic heterocycles. The number of sulfonamides is 2. The monoisotopic (exact) mass is 334 g/mol. The van der Waals surface area contributed by atoms with Crippen molar-refractivity contribution in [2.45, 2.75) is 49.4 Å². The number of nitrogens with one attached hydrogen (secondary N) is 1. The largest absolute Gasteiger partial charge is 0.240 e. The Kier molecular flexibility index (Phi) is 5.92. The highest BCUT2D eigenvalue weighted by atomic mass is 32.2. The molecular weight excluding hydrogens is 312 g/mol. The van der Waals surface area contributed by atoms with E-state index in [2.05, 4.69) is 4.72 Å². The van der Waals surface area contributed by atoms with Crippen LogP contribution in [0.4, 0.5) is 0 Å². The first kappa shape index (κ1) is 18.1. The predicted molar refractivity (Wildman–Crippen MR) is 81.7 cm³/mol.